The third kappa shape index (κ3) is 4.01. The molecule has 0 bridgehead atoms. The van der Waals surface area contributed by atoms with E-state index >= 15 is 0 Å². The quantitative estimate of drug-likeness (QED) is 0.554. The number of fused-ring (bicyclic) bond motifs is 1. The van der Waals surface area contributed by atoms with Gasteiger partial charge in [-0.3, -0.25) is 14.2 Å². The smallest absolute Gasteiger partial charge is 0.329 e. The number of hydrogen-bond donors (Lipinski definition) is 2. The summed E-state index contributed by atoms with van der Waals surface area (Å²) in [6.07, 6.45) is 0. The van der Waals surface area contributed by atoms with Gasteiger partial charge >= 0.3 is 5.69 Å². The summed E-state index contributed by atoms with van der Waals surface area (Å²) in [5, 5.41) is 3.34. The summed E-state index contributed by atoms with van der Waals surface area (Å²) >= 11 is 0. The molecule has 0 unspecified atom stereocenters. The van der Waals surface area contributed by atoms with Crippen molar-refractivity contribution in [3.05, 3.63) is 116 Å². The van der Waals surface area contributed by atoms with Crippen molar-refractivity contribution < 1.29 is 4.79 Å². The molecule has 0 saturated heterocycles. The van der Waals surface area contributed by atoms with Crippen LogP contribution in [0.25, 0.3) is 10.9 Å². The second kappa shape index (κ2) is 7.98. The molecule has 3 aromatic carbocycles. The van der Waals surface area contributed by atoms with Crippen LogP contribution in [-0.4, -0.2) is 15.5 Å². The zero-order chi connectivity index (χ0) is 20.2. The fraction of sp³-hybridized carbons (Fsp3) is 0.0870. The van der Waals surface area contributed by atoms with Gasteiger partial charge in [0.1, 0.15) is 0 Å². The minimum Gasteiger partial charge on any atom is -0.348 e. The minimum atomic E-state index is -0.460. The third-order valence-corrected chi connectivity index (χ3v) is 4.74. The van der Waals surface area contributed by atoms with E-state index < -0.39 is 5.69 Å². The highest BCUT2D eigenvalue weighted by Crippen LogP contribution is 2.08. The average Bonchev–Trinajstić information content (AvgIpc) is 2.76. The number of nitrogens with one attached hydrogen (secondary N) is 2. The average molecular weight is 385 g/mol. The van der Waals surface area contributed by atoms with Gasteiger partial charge in [-0.2, -0.15) is 0 Å². The normalized spacial score (nSPS) is 10.8. The van der Waals surface area contributed by atoms with E-state index in [4.69, 9.17) is 0 Å². The van der Waals surface area contributed by atoms with Crippen molar-refractivity contribution in [2.24, 2.45) is 0 Å². The first kappa shape index (κ1) is 18.4. The molecule has 0 radical (unpaired) electrons. The second-order valence-electron chi connectivity index (χ2n) is 6.73. The van der Waals surface area contributed by atoms with E-state index in [-0.39, 0.29) is 18.0 Å². The van der Waals surface area contributed by atoms with Gasteiger partial charge in [0, 0.05) is 12.1 Å². The fourth-order valence-corrected chi connectivity index (χ4v) is 3.17. The molecule has 0 saturated carbocycles. The molecule has 1 aromatic heterocycles. The summed E-state index contributed by atoms with van der Waals surface area (Å²) in [6.45, 7) is 0.578. The van der Waals surface area contributed by atoms with Crippen LogP contribution in [-0.2, 0) is 13.1 Å². The molecule has 0 aliphatic heterocycles. The maximum absolute atomic E-state index is 12.6. The first-order valence-corrected chi connectivity index (χ1v) is 9.25. The number of aromatic nitrogens is 2. The lowest BCUT2D eigenvalue weighted by Gasteiger charge is -2.08. The van der Waals surface area contributed by atoms with Crippen molar-refractivity contribution in [3.63, 3.8) is 0 Å². The van der Waals surface area contributed by atoms with Crippen molar-refractivity contribution >= 4 is 16.8 Å². The van der Waals surface area contributed by atoms with Crippen molar-refractivity contribution in [1.29, 1.82) is 0 Å². The van der Waals surface area contributed by atoms with Gasteiger partial charge in [0.15, 0.2) is 0 Å². The number of amides is 1. The molecule has 4 aromatic rings. The number of benzene rings is 3. The molecule has 0 spiro atoms. The van der Waals surface area contributed by atoms with Crippen LogP contribution in [0, 0.1) is 0 Å². The van der Waals surface area contributed by atoms with Crippen LogP contribution >= 0.6 is 0 Å². The van der Waals surface area contributed by atoms with Crippen molar-refractivity contribution in [2.75, 3.05) is 0 Å². The highest BCUT2D eigenvalue weighted by Gasteiger charge is 2.09. The fourth-order valence-electron chi connectivity index (χ4n) is 3.17. The van der Waals surface area contributed by atoms with Crippen molar-refractivity contribution in [1.82, 2.24) is 14.9 Å². The van der Waals surface area contributed by atoms with Crippen LogP contribution in [0.5, 0.6) is 0 Å². The van der Waals surface area contributed by atoms with Crippen LogP contribution in [0.2, 0.25) is 0 Å². The van der Waals surface area contributed by atoms with E-state index in [9.17, 15) is 14.4 Å². The molecule has 144 valence electrons. The van der Waals surface area contributed by atoms with Gasteiger partial charge < -0.3 is 10.3 Å². The third-order valence-electron chi connectivity index (χ3n) is 4.74. The number of rotatable bonds is 5. The molecule has 2 N–H and O–H groups in total. The highest BCUT2D eigenvalue weighted by molar-refractivity contribution is 5.94. The molecular weight excluding hydrogens is 366 g/mol. The maximum Gasteiger partial charge on any atom is 0.329 e. The molecule has 0 fully saturated rings. The van der Waals surface area contributed by atoms with Crippen molar-refractivity contribution in [3.8, 4) is 0 Å². The molecule has 0 aliphatic rings. The predicted molar refractivity (Wildman–Crippen MR) is 112 cm³/mol. The van der Waals surface area contributed by atoms with E-state index in [1.54, 1.807) is 48.5 Å². The Morgan fingerprint density at radius 1 is 0.828 bits per heavy atom. The Labute approximate surface area is 166 Å². The number of carbonyl (C=O) groups excluding carboxylic acids is 1. The van der Waals surface area contributed by atoms with Gasteiger partial charge in [-0.25, -0.2) is 4.79 Å². The van der Waals surface area contributed by atoms with Crippen LogP contribution in [0.1, 0.15) is 21.5 Å². The number of para-hydroxylation sites is 1. The molecule has 1 heterocycles. The van der Waals surface area contributed by atoms with Crippen LogP contribution in [0.3, 0.4) is 0 Å². The SMILES string of the molecule is O=C(NCc1ccccc1)c1ccc(Cn2c(=O)[nH]c3ccccc3c2=O)cc1. The molecule has 6 nitrogen and oxygen atoms in total. The Bertz CT molecular complexity index is 1270. The number of H-pyrrole nitrogens is 1. The first-order chi connectivity index (χ1) is 14.1. The van der Waals surface area contributed by atoms with E-state index in [2.05, 4.69) is 10.3 Å². The summed E-state index contributed by atoms with van der Waals surface area (Å²) in [7, 11) is 0. The van der Waals surface area contributed by atoms with E-state index in [1.807, 2.05) is 30.3 Å². The summed E-state index contributed by atoms with van der Waals surface area (Å²) in [6, 6.07) is 23.5. The molecule has 4 rings (SSSR count). The largest absolute Gasteiger partial charge is 0.348 e. The topological polar surface area (TPSA) is 84.0 Å². The van der Waals surface area contributed by atoms with Gasteiger partial charge in [0.05, 0.1) is 17.4 Å². The Morgan fingerprint density at radius 2 is 1.52 bits per heavy atom. The lowest BCUT2D eigenvalue weighted by atomic mass is 10.1. The second-order valence-corrected chi connectivity index (χ2v) is 6.73. The molecule has 6 heteroatoms. The number of carbonyl (C=O) groups is 1. The van der Waals surface area contributed by atoms with Gasteiger partial charge in [-0.1, -0.05) is 54.6 Å². The summed E-state index contributed by atoms with van der Waals surface area (Å²) in [5.74, 6) is -0.180. The lowest BCUT2D eigenvalue weighted by Crippen LogP contribution is -2.35. The van der Waals surface area contributed by atoms with Crippen molar-refractivity contribution in [2.45, 2.75) is 13.1 Å². The van der Waals surface area contributed by atoms with Crippen LogP contribution in [0.4, 0.5) is 0 Å². The maximum atomic E-state index is 12.6. The molecular formula is C23H19N3O3. The number of hydrogen-bond acceptors (Lipinski definition) is 3. The Kier molecular flexibility index (Phi) is 5.07. The first-order valence-electron chi connectivity index (χ1n) is 9.25. The molecule has 0 aliphatic carbocycles. The molecule has 0 atom stereocenters. The monoisotopic (exact) mass is 385 g/mol. The Balaban J connectivity index is 1.50. The Morgan fingerprint density at radius 3 is 2.28 bits per heavy atom. The van der Waals surface area contributed by atoms with E-state index in [0.717, 1.165) is 15.7 Å². The van der Waals surface area contributed by atoms with Gasteiger partial charge in [0.25, 0.3) is 11.5 Å². The Hall–Kier alpha value is -3.93. The zero-order valence-corrected chi connectivity index (χ0v) is 15.6. The van der Waals surface area contributed by atoms with Gasteiger partial charge in [0.2, 0.25) is 0 Å². The van der Waals surface area contributed by atoms with E-state index in [0.29, 0.717) is 23.0 Å². The lowest BCUT2D eigenvalue weighted by molar-refractivity contribution is 0.0951. The summed E-state index contributed by atoms with van der Waals surface area (Å²) in [5.41, 5.74) is 2.01. The van der Waals surface area contributed by atoms with Gasteiger partial charge in [-0.05, 0) is 35.4 Å². The standard InChI is InChI=1S/C23H19N3O3/c27-21(24-14-16-6-2-1-3-7-16)18-12-10-17(11-13-18)15-26-22(28)19-8-4-5-9-20(19)25-23(26)29/h1-13H,14-15H2,(H,24,27)(H,25,29). The number of aromatic amines is 1. The molecule has 1 amide bonds. The summed E-state index contributed by atoms with van der Waals surface area (Å²) in [4.78, 5) is 40.0. The van der Waals surface area contributed by atoms with E-state index in [1.165, 1.54) is 0 Å². The predicted octanol–water partition coefficient (Wildman–Crippen LogP) is 2.67. The highest BCUT2D eigenvalue weighted by atomic mass is 16.2. The number of nitrogens with zero attached hydrogens (tertiary/aromatic N) is 1. The van der Waals surface area contributed by atoms with Gasteiger partial charge in [-0.15, -0.1) is 0 Å². The molecule has 29 heavy (non-hydrogen) atoms. The zero-order valence-electron chi connectivity index (χ0n) is 15.6. The minimum absolute atomic E-state index is 0.130. The van der Waals surface area contributed by atoms with Crippen LogP contribution in [0.15, 0.2) is 88.5 Å². The van der Waals surface area contributed by atoms with Crippen LogP contribution < -0.4 is 16.6 Å². The summed E-state index contributed by atoms with van der Waals surface area (Å²) < 4.78 is 1.16.